The van der Waals surface area contributed by atoms with Gasteiger partial charge in [-0.25, -0.2) is 4.68 Å². The van der Waals surface area contributed by atoms with E-state index in [2.05, 4.69) is 15.5 Å². The van der Waals surface area contributed by atoms with Gasteiger partial charge in [0.2, 0.25) is 5.91 Å². The Kier molecular flexibility index (Phi) is 2.86. The van der Waals surface area contributed by atoms with Crippen LogP contribution in [0.1, 0.15) is 31.6 Å². The summed E-state index contributed by atoms with van der Waals surface area (Å²) in [4.78, 5) is 13.2. The molecule has 1 N–H and O–H groups in total. The smallest absolute Gasteiger partial charge is 0.220 e. The highest BCUT2D eigenvalue weighted by atomic mass is 16.3. The van der Waals surface area contributed by atoms with Crippen molar-refractivity contribution in [3.63, 3.8) is 0 Å². The summed E-state index contributed by atoms with van der Waals surface area (Å²) < 4.78 is 1.57. The molecular formula is C9H15N5O2. The summed E-state index contributed by atoms with van der Waals surface area (Å²) >= 11 is 0. The number of aromatic nitrogens is 4. The van der Waals surface area contributed by atoms with Crippen molar-refractivity contribution in [3.8, 4) is 0 Å². The minimum atomic E-state index is -0.116. The Morgan fingerprint density at radius 2 is 2.31 bits per heavy atom. The molecule has 7 nitrogen and oxygen atoms in total. The van der Waals surface area contributed by atoms with Gasteiger partial charge >= 0.3 is 0 Å². The fraction of sp³-hybridized carbons (Fsp3) is 0.778. The lowest BCUT2D eigenvalue weighted by molar-refractivity contribution is -0.132. The van der Waals surface area contributed by atoms with Crippen LogP contribution in [0.5, 0.6) is 0 Å². The number of aryl methyl sites for hydroxylation is 1. The number of amides is 1. The van der Waals surface area contributed by atoms with Crippen molar-refractivity contribution < 1.29 is 9.90 Å². The molecule has 0 aliphatic carbocycles. The molecule has 1 aliphatic rings. The largest absolute Gasteiger partial charge is 0.394 e. The molecule has 1 fully saturated rings. The van der Waals surface area contributed by atoms with Crippen LogP contribution in [0.2, 0.25) is 0 Å². The van der Waals surface area contributed by atoms with Crippen molar-refractivity contribution in [1.29, 1.82) is 0 Å². The summed E-state index contributed by atoms with van der Waals surface area (Å²) in [7, 11) is 1.75. The van der Waals surface area contributed by atoms with E-state index in [1.807, 2.05) is 0 Å². The second-order valence-corrected chi connectivity index (χ2v) is 4.02. The third-order valence-corrected chi connectivity index (χ3v) is 3.03. The van der Waals surface area contributed by atoms with Crippen molar-refractivity contribution in [3.05, 3.63) is 5.82 Å². The van der Waals surface area contributed by atoms with E-state index in [9.17, 15) is 9.90 Å². The van der Waals surface area contributed by atoms with E-state index in [0.717, 1.165) is 12.8 Å². The molecule has 0 radical (unpaired) electrons. The molecule has 16 heavy (non-hydrogen) atoms. The molecule has 1 aliphatic heterocycles. The lowest BCUT2D eigenvalue weighted by atomic mass is 10.2. The van der Waals surface area contributed by atoms with Gasteiger partial charge in [-0.2, -0.15) is 0 Å². The van der Waals surface area contributed by atoms with E-state index in [4.69, 9.17) is 0 Å². The quantitative estimate of drug-likeness (QED) is 0.716. The van der Waals surface area contributed by atoms with Crippen molar-refractivity contribution in [2.24, 2.45) is 7.05 Å². The zero-order valence-electron chi connectivity index (χ0n) is 9.37. The number of hydrogen-bond acceptors (Lipinski definition) is 5. The number of carbonyl (C=O) groups excluding carboxylic acids is 1. The number of aliphatic hydroxyl groups excluding tert-OH is 1. The first kappa shape index (κ1) is 11.0. The first-order chi connectivity index (χ1) is 7.65. The van der Waals surface area contributed by atoms with Gasteiger partial charge in [0.15, 0.2) is 5.82 Å². The summed E-state index contributed by atoms with van der Waals surface area (Å²) in [5.41, 5.74) is 0. The minimum absolute atomic E-state index is 0.0125. The lowest BCUT2D eigenvalue weighted by Crippen LogP contribution is -2.38. The van der Waals surface area contributed by atoms with Gasteiger partial charge in [0, 0.05) is 14.0 Å². The topological polar surface area (TPSA) is 84.1 Å². The van der Waals surface area contributed by atoms with Gasteiger partial charge in [-0.15, -0.1) is 5.10 Å². The summed E-state index contributed by atoms with van der Waals surface area (Å²) in [5.74, 6) is 0.621. The van der Waals surface area contributed by atoms with Crippen molar-refractivity contribution in [2.75, 3.05) is 6.61 Å². The Balaban J connectivity index is 2.28. The first-order valence-corrected chi connectivity index (χ1v) is 5.27. The van der Waals surface area contributed by atoms with Gasteiger partial charge in [-0.1, -0.05) is 0 Å². The Bertz CT molecular complexity index is 391. The molecule has 2 atom stereocenters. The lowest BCUT2D eigenvalue weighted by Gasteiger charge is -2.27. The highest BCUT2D eigenvalue weighted by Crippen LogP contribution is 2.34. The normalized spacial score (nSPS) is 25.1. The minimum Gasteiger partial charge on any atom is -0.394 e. The van der Waals surface area contributed by atoms with E-state index in [1.54, 1.807) is 16.6 Å². The standard InChI is InChI=1S/C9H15N5O2/c1-6(16)14-7(5-15)3-4-8(14)9-10-11-12-13(9)2/h7-8,15H,3-5H2,1-2H3/t7-,8+/m0/s1. The Morgan fingerprint density at radius 3 is 2.81 bits per heavy atom. The molecule has 7 heteroatoms. The van der Waals surface area contributed by atoms with E-state index in [1.165, 1.54) is 6.92 Å². The van der Waals surface area contributed by atoms with E-state index >= 15 is 0 Å². The van der Waals surface area contributed by atoms with Crippen molar-refractivity contribution >= 4 is 5.91 Å². The Morgan fingerprint density at radius 1 is 1.56 bits per heavy atom. The van der Waals surface area contributed by atoms with Crippen LogP contribution in [0, 0.1) is 0 Å². The second-order valence-electron chi connectivity index (χ2n) is 4.02. The zero-order chi connectivity index (χ0) is 11.7. The van der Waals surface area contributed by atoms with E-state index in [-0.39, 0.29) is 24.6 Å². The summed E-state index contributed by atoms with van der Waals surface area (Å²) in [6, 6.07) is -0.228. The molecular weight excluding hydrogens is 210 g/mol. The predicted molar refractivity (Wildman–Crippen MR) is 54.2 cm³/mol. The summed E-state index contributed by atoms with van der Waals surface area (Å²) in [6.07, 6.45) is 1.58. The molecule has 88 valence electrons. The number of carbonyl (C=O) groups is 1. The van der Waals surface area contributed by atoms with Gasteiger partial charge < -0.3 is 10.0 Å². The molecule has 0 spiro atoms. The summed E-state index contributed by atoms with van der Waals surface area (Å²) in [6.45, 7) is 1.49. The maximum Gasteiger partial charge on any atom is 0.220 e. The number of nitrogens with zero attached hydrogens (tertiary/aromatic N) is 5. The number of rotatable bonds is 2. The third-order valence-electron chi connectivity index (χ3n) is 3.03. The average molecular weight is 225 g/mol. The molecule has 0 unspecified atom stereocenters. The molecule has 1 aromatic rings. The first-order valence-electron chi connectivity index (χ1n) is 5.27. The monoisotopic (exact) mass is 225 g/mol. The van der Waals surface area contributed by atoms with Crippen LogP contribution < -0.4 is 0 Å². The van der Waals surface area contributed by atoms with Gasteiger partial charge in [0.1, 0.15) is 0 Å². The number of aliphatic hydroxyl groups is 1. The van der Waals surface area contributed by atoms with E-state index < -0.39 is 0 Å². The molecule has 0 bridgehead atoms. The number of tetrazole rings is 1. The SMILES string of the molecule is CC(=O)N1[C@H](CO)CC[C@@H]1c1nnnn1C. The van der Waals surface area contributed by atoms with Crippen LogP contribution in [0.25, 0.3) is 0 Å². The van der Waals surface area contributed by atoms with Crippen LogP contribution in [0.4, 0.5) is 0 Å². The maximum atomic E-state index is 11.6. The molecule has 0 saturated carbocycles. The van der Waals surface area contributed by atoms with Crippen LogP contribution in [0.15, 0.2) is 0 Å². The molecule has 1 saturated heterocycles. The Hall–Kier alpha value is -1.50. The highest BCUT2D eigenvalue weighted by molar-refractivity contribution is 5.74. The van der Waals surface area contributed by atoms with Gasteiger partial charge in [0.05, 0.1) is 18.7 Å². The third kappa shape index (κ3) is 1.67. The molecule has 1 aromatic heterocycles. The van der Waals surface area contributed by atoms with Gasteiger partial charge in [-0.05, 0) is 23.3 Å². The molecule has 1 amide bonds. The van der Waals surface area contributed by atoms with Crippen molar-refractivity contribution in [2.45, 2.75) is 31.8 Å². The zero-order valence-corrected chi connectivity index (χ0v) is 9.37. The maximum absolute atomic E-state index is 11.6. The van der Waals surface area contributed by atoms with E-state index in [0.29, 0.717) is 5.82 Å². The van der Waals surface area contributed by atoms with Crippen LogP contribution >= 0.6 is 0 Å². The van der Waals surface area contributed by atoms with Crippen LogP contribution in [0.3, 0.4) is 0 Å². The summed E-state index contributed by atoms with van der Waals surface area (Å²) in [5, 5.41) is 20.5. The van der Waals surface area contributed by atoms with Gasteiger partial charge in [-0.3, -0.25) is 4.79 Å². The Labute approximate surface area is 93.0 Å². The molecule has 2 heterocycles. The molecule has 2 rings (SSSR count). The number of likely N-dealkylation sites (tertiary alicyclic amines) is 1. The second kappa shape index (κ2) is 4.17. The fourth-order valence-electron chi connectivity index (χ4n) is 2.31. The van der Waals surface area contributed by atoms with Crippen LogP contribution in [-0.2, 0) is 11.8 Å². The van der Waals surface area contributed by atoms with Crippen molar-refractivity contribution in [1.82, 2.24) is 25.1 Å². The fourth-order valence-corrected chi connectivity index (χ4v) is 2.31. The average Bonchev–Trinajstić information content (AvgIpc) is 2.82. The predicted octanol–water partition coefficient (Wildman–Crippen LogP) is -0.746. The number of hydrogen-bond donors (Lipinski definition) is 1. The molecule has 0 aromatic carbocycles. The van der Waals surface area contributed by atoms with Gasteiger partial charge in [0.25, 0.3) is 0 Å². The highest BCUT2D eigenvalue weighted by Gasteiger charge is 2.38. The van der Waals surface area contributed by atoms with Crippen LogP contribution in [-0.4, -0.2) is 48.8 Å².